The fourth-order valence-electron chi connectivity index (χ4n) is 1.52. The van der Waals surface area contributed by atoms with Crippen molar-refractivity contribution in [1.29, 1.82) is 0 Å². The van der Waals surface area contributed by atoms with E-state index in [1.54, 1.807) is 0 Å². The van der Waals surface area contributed by atoms with Crippen molar-refractivity contribution in [2.75, 3.05) is 13.1 Å². The molecule has 5 N–H and O–H groups in total. The van der Waals surface area contributed by atoms with Crippen LogP contribution < -0.4 is 21.7 Å². The average molecular weight is 234 g/mol. The minimum atomic E-state index is -0.0153. The molecule has 0 heterocycles. The number of nitrogens with one attached hydrogen (secondary N) is 3. The quantitative estimate of drug-likeness (QED) is 0.420. The Labute approximate surface area is 103 Å². The first kappa shape index (κ1) is 13.5. The molecular weight excluding hydrogens is 215 g/mol. The molecule has 0 bridgehead atoms. The zero-order valence-corrected chi connectivity index (χ0v) is 10.1. The first-order valence-corrected chi connectivity index (χ1v) is 5.67. The van der Waals surface area contributed by atoms with Crippen molar-refractivity contribution >= 4 is 19.1 Å². The van der Waals surface area contributed by atoms with Crippen molar-refractivity contribution in [3.63, 3.8) is 0 Å². The first-order valence-electron chi connectivity index (χ1n) is 5.67. The third-order valence-electron chi connectivity index (χ3n) is 2.27. The molecule has 1 unspecified atom stereocenters. The Bertz CT molecular complexity index is 351. The Kier molecular flexibility index (Phi) is 5.49. The SMILES string of the molecule is B=C(NCCN)NC1=CCC(NC(C)=O)C=C1. The van der Waals surface area contributed by atoms with Crippen LogP contribution in [0.3, 0.4) is 0 Å². The maximum atomic E-state index is 10.9. The van der Waals surface area contributed by atoms with Gasteiger partial charge in [0.05, 0.1) is 0 Å². The number of carbonyl (C=O) groups is 1. The monoisotopic (exact) mass is 234 g/mol. The van der Waals surface area contributed by atoms with Crippen LogP contribution in [-0.2, 0) is 4.79 Å². The molecule has 0 aromatic carbocycles. The molecule has 0 spiro atoms. The number of carbonyl (C=O) groups excluding carboxylic acids is 1. The summed E-state index contributed by atoms with van der Waals surface area (Å²) in [5, 5.41) is 9.01. The van der Waals surface area contributed by atoms with Gasteiger partial charge < -0.3 is 0 Å². The van der Waals surface area contributed by atoms with Crippen molar-refractivity contribution in [1.82, 2.24) is 16.0 Å². The predicted molar refractivity (Wildman–Crippen MR) is 71.8 cm³/mol. The van der Waals surface area contributed by atoms with Crippen molar-refractivity contribution in [3.05, 3.63) is 23.9 Å². The number of rotatable bonds is 6. The summed E-state index contributed by atoms with van der Waals surface area (Å²) in [6, 6.07) is 0.0864. The van der Waals surface area contributed by atoms with Gasteiger partial charge in [-0.3, -0.25) is 0 Å². The molecule has 0 saturated carbocycles. The Morgan fingerprint density at radius 2 is 2.41 bits per heavy atom. The van der Waals surface area contributed by atoms with Crippen molar-refractivity contribution in [2.24, 2.45) is 5.73 Å². The predicted octanol–water partition coefficient (Wildman–Crippen LogP) is -1.54. The van der Waals surface area contributed by atoms with Gasteiger partial charge in [-0.25, -0.2) is 0 Å². The van der Waals surface area contributed by atoms with E-state index in [1.165, 1.54) is 6.92 Å². The second-order valence-electron chi connectivity index (χ2n) is 3.88. The molecule has 17 heavy (non-hydrogen) atoms. The molecule has 0 radical (unpaired) electrons. The van der Waals surface area contributed by atoms with Gasteiger partial charge in [-0.05, 0) is 0 Å². The average Bonchev–Trinajstić information content (AvgIpc) is 2.28. The van der Waals surface area contributed by atoms with Gasteiger partial charge in [-0.15, -0.1) is 0 Å². The van der Waals surface area contributed by atoms with Crippen LogP contribution in [0.1, 0.15) is 13.3 Å². The Hall–Kier alpha value is -1.56. The fourth-order valence-corrected chi connectivity index (χ4v) is 1.52. The standard InChI is InChI=1S/C11H19BN4O/c1-8(17)15-9-2-4-10(5-3-9)16-11(12)14-7-6-13/h2,4-5,9,12,14,16H,3,6-7,13H2,1H3,(H,15,17). The molecule has 1 rings (SSSR count). The molecular formula is C11H19BN4O. The molecule has 1 atom stereocenters. The summed E-state index contributed by atoms with van der Waals surface area (Å²) in [6.07, 6.45) is 6.69. The summed E-state index contributed by atoms with van der Waals surface area (Å²) in [5.74, 6) is -0.0153. The summed E-state index contributed by atoms with van der Waals surface area (Å²) < 4.78 is 0. The van der Waals surface area contributed by atoms with Crippen LogP contribution in [0.5, 0.6) is 0 Å². The van der Waals surface area contributed by atoms with Gasteiger partial charge in [0.15, 0.2) is 0 Å². The maximum absolute atomic E-state index is 10.9. The van der Waals surface area contributed by atoms with Gasteiger partial charge in [-0.2, -0.15) is 0 Å². The molecule has 0 aromatic rings. The van der Waals surface area contributed by atoms with Crippen molar-refractivity contribution in [3.8, 4) is 0 Å². The summed E-state index contributed by atoms with van der Waals surface area (Å²) >= 11 is 0. The Morgan fingerprint density at radius 3 is 2.94 bits per heavy atom. The Morgan fingerprint density at radius 1 is 1.65 bits per heavy atom. The van der Waals surface area contributed by atoms with E-state index in [0.29, 0.717) is 13.1 Å². The van der Waals surface area contributed by atoms with Gasteiger partial charge in [-0.1, -0.05) is 0 Å². The number of hydrogen-bond acceptors (Lipinski definition) is 4. The van der Waals surface area contributed by atoms with Gasteiger partial charge in [0.25, 0.3) is 0 Å². The van der Waals surface area contributed by atoms with Gasteiger partial charge in [0.2, 0.25) is 0 Å². The summed E-state index contributed by atoms with van der Waals surface area (Å²) in [5.41, 5.74) is 7.07. The van der Waals surface area contributed by atoms with Crippen LogP contribution in [-0.4, -0.2) is 38.2 Å². The third kappa shape index (κ3) is 5.35. The molecule has 0 aliphatic heterocycles. The molecule has 1 amide bonds. The van der Waals surface area contributed by atoms with E-state index in [9.17, 15) is 4.79 Å². The molecule has 92 valence electrons. The normalized spacial score (nSPS) is 18.2. The zero-order chi connectivity index (χ0) is 12.7. The summed E-state index contributed by atoms with van der Waals surface area (Å²) in [6.45, 7) is 2.78. The fraction of sp³-hybridized carbons (Fsp3) is 0.455. The van der Waals surface area contributed by atoms with E-state index >= 15 is 0 Å². The minimum absolute atomic E-state index is 0.0153. The van der Waals surface area contributed by atoms with Crippen LogP contribution in [0, 0.1) is 0 Å². The number of nitrogens with two attached hydrogens (primary N) is 1. The second kappa shape index (κ2) is 6.91. The molecule has 0 saturated heterocycles. The van der Waals surface area contributed by atoms with Crippen molar-refractivity contribution in [2.45, 2.75) is 19.4 Å². The van der Waals surface area contributed by atoms with E-state index in [4.69, 9.17) is 5.73 Å². The van der Waals surface area contributed by atoms with Crippen LogP contribution in [0.25, 0.3) is 0 Å². The molecule has 6 heteroatoms. The number of allylic oxidation sites excluding steroid dienone is 1. The second-order valence-corrected chi connectivity index (χ2v) is 3.88. The van der Waals surface area contributed by atoms with E-state index < -0.39 is 0 Å². The third-order valence-corrected chi connectivity index (χ3v) is 2.27. The van der Waals surface area contributed by atoms with Crippen LogP contribution in [0.2, 0.25) is 0 Å². The van der Waals surface area contributed by atoms with Gasteiger partial charge in [0, 0.05) is 0 Å². The van der Waals surface area contributed by atoms with Crippen LogP contribution in [0.4, 0.5) is 0 Å². The number of hydrogen-bond donors (Lipinski definition) is 4. The van der Waals surface area contributed by atoms with E-state index in [-0.39, 0.29) is 11.9 Å². The first-order chi connectivity index (χ1) is 8.11. The van der Waals surface area contributed by atoms with Crippen LogP contribution in [0.15, 0.2) is 23.9 Å². The number of amides is 1. The van der Waals surface area contributed by atoms with E-state index in [0.717, 1.165) is 17.8 Å². The van der Waals surface area contributed by atoms with Gasteiger partial charge >= 0.3 is 102 Å². The zero-order valence-electron chi connectivity index (χ0n) is 10.1. The summed E-state index contributed by atoms with van der Waals surface area (Å²) in [4.78, 5) is 10.9. The Balaban J connectivity index is 2.34. The van der Waals surface area contributed by atoms with E-state index in [2.05, 4.69) is 23.4 Å². The van der Waals surface area contributed by atoms with Gasteiger partial charge in [0.1, 0.15) is 0 Å². The molecule has 0 aromatic heterocycles. The topological polar surface area (TPSA) is 79.2 Å². The molecule has 1 aliphatic carbocycles. The molecule has 0 fully saturated rings. The summed E-state index contributed by atoms with van der Waals surface area (Å²) in [7, 11) is 3.83. The van der Waals surface area contributed by atoms with Crippen molar-refractivity contribution < 1.29 is 4.79 Å². The molecule has 5 nitrogen and oxygen atoms in total. The molecule has 1 aliphatic rings. The van der Waals surface area contributed by atoms with E-state index in [1.807, 2.05) is 18.2 Å². The van der Waals surface area contributed by atoms with Crippen LogP contribution >= 0.6 is 0 Å².